The number of carbonyl (C=O) groups is 3. The molecule has 7 nitrogen and oxygen atoms in total. The zero-order chi connectivity index (χ0) is 19.2. The lowest BCUT2D eigenvalue weighted by Crippen LogP contribution is -2.24. The summed E-state index contributed by atoms with van der Waals surface area (Å²) in [6, 6.07) is 9.61. The molecule has 0 radical (unpaired) electrons. The van der Waals surface area contributed by atoms with E-state index in [0.717, 1.165) is 25.7 Å². The van der Waals surface area contributed by atoms with E-state index < -0.39 is 11.9 Å². The highest BCUT2D eigenvalue weighted by Gasteiger charge is 2.21. The molecule has 2 aromatic rings. The van der Waals surface area contributed by atoms with Crippen LogP contribution in [-0.2, 0) is 4.79 Å². The van der Waals surface area contributed by atoms with E-state index in [0.29, 0.717) is 11.4 Å². The van der Waals surface area contributed by atoms with Gasteiger partial charge in [0.1, 0.15) is 5.69 Å². The molecule has 1 heterocycles. The number of aromatic carboxylic acids is 1. The minimum absolute atomic E-state index is 0.0200. The summed E-state index contributed by atoms with van der Waals surface area (Å²) in [7, 11) is 0. The average molecular weight is 367 g/mol. The molecule has 1 aromatic heterocycles. The van der Waals surface area contributed by atoms with Crippen LogP contribution in [-0.4, -0.2) is 27.9 Å². The van der Waals surface area contributed by atoms with Crippen molar-refractivity contribution in [1.82, 2.24) is 4.98 Å². The van der Waals surface area contributed by atoms with Gasteiger partial charge in [-0.25, -0.2) is 9.78 Å². The predicted molar refractivity (Wildman–Crippen MR) is 101 cm³/mol. The lowest BCUT2D eigenvalue weighted by Gasteiger charge is -2.20. The van der Waals surface area contributed by atoms with E-state index in [-0.39, 0.29) is 23.1 Å². The number of nitrogens with one attached hydrogen (secondary N) is 2. The number of carboxylic acids is 1. The Balaban J connectivity index is 1.63. The molecule has 0 atom stereocenters. The number of amides is 2. The Morgan fingerprint density at radius 1 is 0.963 bits per heavy atom. The Morgan fingerprint density at radius 3 is 2.30 bits per heavy atom. The summed E-state index contributed by atoms with van der Waals surface area (Å²) in [4.78, 5) is 39.2. The standard InChI is InChI=1S/C20H21N3O4/c24-18(13-5-2-1-3-6-13)22-15-7-4-8-16(11-15)23-19(25)14-9-10-17(20(26)27)21-12-14/h4,7-13H,1-3,5-6H2,(H,22,24)(H,23,25)(H,26,27). The van der Waals surface area contributed by atoms with Gasteiger partial charge in [-0.1, -0.05) is 25.3 Å². The summed E-state index contributed by atoms with van der Waals surface area (Å²) in [5.74, 6) is -1.49. The lowest BCUT2D eigenvalue weighted by atomic mass is 9.88. The van der Waals surface area contributed by atoms with Crippen LogP contribution in [0.2, 0.25) is 0 Å². The van der Waals surface area contributed by atoms with Gasteiger partial charge in [-0.05, 0) is 43.2 Å². The van der Waals surface area contributed by atoms with Crippen LogP contribution >= 0.6 is 0 Å². The molecule has 140 valence electrons. The molecule has 1 aromatic carbocycles. The number of anilines is 2. The topological polar surface area (TPSA) is 108 Å². The van der Waals surface area contributed by atoms with E-state index in [1.54, 1.807) is 24.3 Å². The normalized spacial score (nSPS) is 14.4. The van der Waals surface area contributed by atoms with Crippen molar-refractivity contribution in [1.29, 1.82) is 0 Å². The number of aromatic nitrogens is 1. The van der Waals surface area contributed by atoms with Gasteiger partial charge in [0.15, 0.2) is 0 Å². The van der Waals surface area contributed by atoms with Crippen LogP contribution in [0.25, 0.3) is 0 Å². The van der Waals surface area contributed by atoms with E-state index >= 15 is 0 Å². The molecule has 1 saturated carbocycles. The maximum atomic E-state index is 12.4. The van der Waals surface area contributed by atoms with Gasteiger partial charge >= 0.3 is 5.97 Å². The molecule has 7 heteroatoms. The number of rotatable bonds is 5. The van der Waals surface area contributed by atoms with Crippen molar-refractivity contribution in [3.63, 3.8) is 0 Å². The Bertz CT molecular complexity index is 843. The third-order valence-electron chi connectivity index (χ3n) is 4.61. The Kier molecular flexibility index (Phi) is 5.80. The molecule has 27 heavy (non-hydrogen) atoms. The third-order valence-corrected chi connectivity index (χ3v) is 4.61. The molecule has 1 aliphatic carbocycles. The fraction of sp³-hybridized carbons (Fsp3) is 0.300. The summed E-state index contributed by atoms with van der Waals surface area (Å²) in [6.45, 7) is 0. The third kappa shape index (κ3) is 4.91. The highest BCUT2D eigenvalue weighted by molar-refractivity contribution is 6.04. The first-order valence-corrected chi connectivity index (χ1v) is 8.94. The zero-order valence-corrected chi connectivity index (χ0v) is 14.8. The van der Waals surface area contributed by atoms with Crippen LogP contribution in [0.5, 0.6) is 0 Å². The van der Waals surface area contributed by atoms with Gasteiger partial charge in [-0.2, -0.15) is 0 Å². The Morgan fingerprint density at radius 2 is 1.67 bits per heavy atom. The first-order valence-electron chi connectivity index (χ1n) is 8.94. The smallest absolute Gasteiger partial charge is 0.354 e. The number of benzene rings is 1. The van der Waals surface area contributed by atoms with Crippen LogP contribution < -0.4 is 10.6 Å². The van der Waals surface area contributed by atoms with Gasteiger partial charge < -0.3 is 15.7 Å². The van der Waals surface area contributed by atoms with Crippen molar-refractivity contribution in [2.45, 2.75) is 32.1 Å². The van der Waals surface area contributed by atoms with E-state index in [2.05, 4.69) is 15.6 Å². The molecule has 1 aliphatic rings. The van der Waals surface area contributed by atoms with Gasteiger partial charge in [0, 0.05) is 23.5 Å². The molecule has 3 N–H and O–H groups in total. The first-order chi connectivity index (χ1) is 13.0. The van der Waals surface area contributed by atoms with E-state index in [9.17, 15) is 14.4 Å². The quantitative estimate of drug-likeness (QED) is 0.749. The van der Waals surface area contributed by atoms with Crippen LogP contribution in [0.3, 0.4) is 0 Å². The summed E-state index contributed by atoms with van der Waals surface area (Å²) < 4.78 is 0. The number of hydrogen-bond donors (Lipinski definition) is 3. The number of nitrogens with zero attached hydrogens (tertiary/aromatic N) is 1. The number of carbonyl (C=O) groups excluding carboxylic acids is 2. The van der Waals surface area contributed by atoms with Gasteiger partial charge in [0.25, 0.3) is 5.91 Å². The molecule has 2 amide bonds. The number of carboxylic acid groups (broad SMARTS) is 1. The average Bonchev–Trinajstić information content (AvgIpc) is 2.69. The monoisotopic (exact) mass is 367 g/mol. The molecule has 3 rings (SSSR count). The van der Waals surface area contributed by atoms with Crippen molar-refractivity contribution in [3.8, 4) is 0 Å². The second-order valence-corrected chi connectivity index (χ2v) is 6.60. The molecule has 1 fully saturated rings. The summed E-state index contributed by atoms with van der Waals surface area (Å²) >= 11 is 0. The Labute approximate surface area is 156 Å². The van der Waals surface area contributed by atoms with Crippen molar-refractivity contribution < 1.29 is 19.5 Å². The molecule has 0 unspecified atom stereocenters. The lowest BCUT2D eigenvalue weighted by molar-refractivity contribution is -0.120. The molecular formula is C20H21N3O4. The van der Waals surface area contributed by atoms with Crippen LogP contribution in [0.4, 0.5) is 11.4 Å². The highest BCUT2D eigenvalue weighted by atomic mass is 16.4. The molecular weight excluding hydrogens is 346 g/mol. The number of pyridine rings is 1. The highest BCUT2D eigenvalue weighted by Crippen LogP contribution is 2.25. The molecule has 0 saturated heterocycles. The minimum atomic E-state index is -1.15. The van der Waals surface area contributed by atoms with Crippen molar-refractivity contribution in [2.75, 3.05) is 10.6 Å². The van der Waals surface area contributed by atoms with E-state index in [1.165, 1.54) is 24.8 Å². The van der Waals surface area contributed by atoms with E-state index in [1.807, 2.05) is 0 Å². The van der Waals surface area contributed by atoms with Gasteiger partial charge in [-0.15, -0.1) is 0 Å². The van der Waals surface area contributed by atoms with Crippen molar-refractivity contribution in [3.05, 3.63) is 53.9 Å². The second-order valence-electron chi connectivity index (χ2n) is 6.60. The van der Waals surface area contributed by atoms with Crippen LogP contribution in [0.1, 0.15) is 53.0 Å². The van der Waals surface area contributed by atoms with E-state index in [4.69, 9.17) is 5.11 Å². The van der Waals surface area contributed by atoms with Crippen LogP contribution in [0, 0.1) is 5.92 Å². The van der Waals surface area contributed by atoms with Gasteiger partial charge in [0.2, 0.25) is 5.91 Å². The second kappa shape index (κ2) is 8.44. The van der Waals surface area contributed by atoms with Gasteiger partial charge in [0.05, 0.1) is 5.56 Å². The fourth-order valence-electron chi connectivity index (χ4n) is 3.14. The van der Waals surface area contributed by atoms with Gasteiger partial charge in [-0.3, -0.25) is 9.59 Å². The largest absolute Gasteiger partial charge is 0.477 e. The fourth-order valence-corrected chi connectivity index (χ4v) is 3.14. The summed E-state index contributed by atoms with van der Waals surface area (Å²) in [6.07, 6.45) is 6.41. The first kappa shape index (κ1) is 18.6. The molecule has 0 bridgehead atoms. The van der Waals surface area contributed by atoms with Crippen LogP contribution in [0.15, 0.2) is 42.6 Å². The summed E-state index contributed by atoms with van der Waals surface area (Å²) in [5.41, 5.74) is 1.28. The van der Waals surface area contributed by atoms with Crippen molar-refractivity contribution >= 4 is 29.2 Å². The SMILES string of the molecule is O=C(Nc1cccc(NC(=O)C2CCCCC2)c1)c1ccc(C(=O)O)nc1. The van der Waals surface area contributed by atoms with Crippen molar-refractivity contribution in [2.24, 2.45) is 5.92 Å². The number of hydrogen-bond acceptors (Lipinski definition) is 4. The predicted octanol–water partition coefficient (Wildman–Crippen LogP) is 3.55. The molecule has 0 spiro atoms. The molecule has 0 aliphatic heterocycles. The maximum Gasteiger partial charge on any atom is 0.354 e. The summed E-state index contributed by atoms with van der Waals surface area (Å²) in [5, 5.41) is 14.5. The zero-order valence-electron chi connectivity index (χ0n) is 14.8. The maximum absolute atomic E-state index is 12.4. The minimum Gasteiger partial charge on any atom is -0.477 e. The Hall–Kier alpha value is -3.22.